The van der Waals surface area contributed by atoms with E-state index in [4.69, 9.17) is 0 Å². The van der Waals surface area contributed by atoms with Crippen LogP contribution in [0.15, 0.2) is 12.3 Å². The molecule has 0 unspecified atom stereocenters. The van der Waals surface area contributed by atoms with Crippen LogP contribution in [0.5, 0.6) is 0 Å². The smallest absolute Gasteiger partial charge is 0.0793 e. The average molecular weight is 294 g/mol. The first-order valence-electron chi connectivity index (χ1n) is 8.24. The van der Waals surface area contributed by atoms with E-state index in [-0.39, 0.29) is 6.10 Å². The van der Waals surface area contributed by atoms with E-state index in [0.29, 0.717) is 5.92 Å². The third kappa shape index (κ3) is 4.53. The second-order valence-electron chi connectivity index (χ2n) is 6.12. The zero-order chi connectivity index (χ0) is 15.2. The van der Waals surface area contributed by atoms with Crippen LogP contribution in [0.1, 0.15) is 38.3 Å². The van der Waals surface area contributed by atoms with Crippen LogP contribution in [-0.2, 0) is 7.05 Å². The first kappa shape index (κ1) is 16.5. The highest BCUT2D eigenvalue weighted by molar-refractivity contribution is 5.09. The SMILES string of the molecule is CCN(CC)C[C@@H](O)CN1CCC[C@@H](c2ccnn2C)C1. The maximum absolute atomic E-state index is 10.3. The summed E-state index contributed by atoms with van der Waals surface area (Å²) in [6, 6.07) is 2.13. The van der Waals surface area contributed by atoms with Crippen molar-refractivity contribution in [2.75, 3.05) is 39.3 Å². The monoisotopic (exact) mass is 294 g/mol. The molecule has 1 N–H and O–H groups in total. The second kappa shape index (κ2) is 7.92. The van der Waals surface area contributed by atoms with E-state index in [1.807, 2.05) is 17.9 Å². The van der Waals surface area contributed by atoms with Crippen molar-refractivity contribution in [3.05, 3.63) is 18.0 Å². The quantitative estimate of drug-likeness (QED) is 0.823. The summed E-state index contributed by atoms with van der Waals surface area (Å²) in [5, 5.41) is 14.6. The standard InChI is InChI=1S/C16H30N4O/c1-4-19(5-2)12-15(21)13-20-10-6-7-14(11-20)16-8-9-17-18(16)3/h8-9,14-15,21H,4-7,10-13H2,1-3H3/t14-,15-/m1/s1. The van der Waals surface area contributed by atoms with Gasteiger partial charge in [0.15, 0.2) is 0 Å². The molecule has 2 atom stereocenters. The van der Waals surface area contributed by atoms with Crippen LogP contribution >= 0.6 is 0 Å². The van der Waals surface area contributed by atoms with E-state index in [1.54, 1.807) is 0 Å². The summed E-state index contributed by atoms with van der Waals surface area (Å²) in [6.07, 6.45) is 4.05. The highest BCUT2D eigenvalue weighted by Crippen LogP contribution is 2.26. The predicted molar refractivity (Wildman–Crippen MR) is 85.4 cm³/mol. The van der Waals surface area contributed by atoms with Gasteiger partial charge < -0.3 is 14.9 Å². The van der Waals surface area contributed by atoms with Crippen LogP contribution in [0.25, 0.3) is 0 Å². The molecule has 0 saturated carbocycles. The lowest BCUT2D eigenvalue weighted by molar-refractivity contribution is 0.0658. The summed E-state index contributed by atoms with van der Waals surface area (Å²) in [4.78, 5) is 4.70. The summed E-state index contributed by atoms with van der Waals surface area (Å²) in [7, 11) is 2.02. The summed E-state index contributed by atoms with van der Waals surface area (Å²) >= 11 is 0. The van der Waals surface area contributed by atoms with Crippen LogP contribution < -0.4 is 0 Å². The zero-order valence-corrected chi connectivity index (χ0v) is 13.7. The van der Waals surface area contributed by atoms with Crippen molar-refractivity contribution in [2.45, 2.75) is 38.7 Å². The Labute approximate surface area is 128 Å². The number of likely N-dealkylation sites (N-methyl/N-ethyl adjacent to an activating group) is 1. The Hall–Kier alpha value is -0.910. The molecule has 5 heteroatoms. The number of likely N-dealkylation sites (tertiary alicyclic amines) is 1. The van der Waals surface area contributed by atoms with Gasteiger partial charge in [-0.15, -0.1) is 0 Å². The van der Waals surface area contributed by atoms with Gasteiger partial charge in [-0.1, -0.05) is 13.8 Å². The Morgan fingerprint density at radius 2 is 2.19 bits per heavy atom. The Bertz CT molecular complexity index is 416. The Morgan fingerprint density at radius 3 is 2.81 bits per heavy atom. The van der Waals surface area contributed by atoms with Gasteiger partial charge in [-0.05, 0) is 38.5 Å². The minimum atomic E-state index is -0.254. The molecule has 2 heterocycles. The van der Waals surface area contributed by atoms with Gasteiger partial charge in [0.25, 0.3) is 0 Å². The highest BCUT2D eigenvalue weighted by atomic mass is 16.3. The first-order chi connectivity index (χ1) is 10.1. The number of β-amino-alcohol motifs (C(OH)–C–C–N with tert-alkyl or cyclic N) is 1. The molecule has 0 spiro atoms. The van der Waals surface area contributed by atoms with Crippen LogP contribution in [0, 0.1) is 0 Å². The molecular formula is C16H30N4O. The van der Waals surface area contributed by atoms with Crippen LogP contribution in [0.3, 0.4) is 0 Å². The van der Waals surface area contributed by atoms with E-state index in [0.717, 1.165) is 39.3 Å². The van der Waals surface area contributed by atoms with E-state index < -0.39 is 0 Å². The summed E-state index contributed by atoms with van der Waals surface area (Å²) in [5.41, 5.74) is 1.32. The van der Waals surface area contributed by atoms with Crippen LogP contribution in [0.4, 0.5) is 0 Å². The second-order valence-corrected chi connectivity index (χ2v) is 6.12. The lowest BCUT2D eigenvalue weighted by Crippen LogP contribution is -2.43. The van der Waals surface area contributed by atoms with Crippen molar-refractivity contribution in [2.24, 2.45) is 7.05 Å². The highest BCUT2D eigenvalue weighted by Gasteiger charge is 2.24. The number of piperidine rings is 1. The van der Waals surface area contributed by atoms with E-state index in [2.05, 4.69) is 34.8 Å². The lowest BCUT2D eigenvalue weighted by atomic mass is 9.94. The van der Waals surface area contributed by atoms with Crippen molar-refractivity contribution in [3.8, 4) is 0 Å². The normalized spacial score (nSPS) is 21.9. The van der Waals surface area contributed by atoms with Gasteiger partial charge in [0, 0.05) is 44.5 Å². The number of aryl methyl sites for hydroxylation is 1. The van der Waals surface area contributed by atoms with Gasteiger partial charge in [-0.3, -0.25) is 4.68 Å². The van der Waals surface area contributed by atoms with Crippen molar-refractivity contribution in [3.63, 3.8) is 0 Å². The molecule has 21 heavy (non-hydrogen) atoms. The average Bonchev–Trinajstić information content (AvgIpc) is 2.91. The number of aliphatic hydroxyl groups is 1. The predicted octanol–water partition coefficient (Wildman–Crippen LogP) is 1.30. The number of aromatic nitrogens is 2. The Kier molecular flexibility index (Phi) is 6.21. The maximum atomic E-state index is 10.3. The van der Waals surface area contributed by atoms with E-state index in [9.17, 15) is 5.11 Å². The minimum absolute atomic E-state index is 0.254. The van der Waals surface area contributed by atoms with Crippen molar-refractivity contribution < 1.29 is 5.11 Å². The first-order valence-corrected chi connectivity index (χ1v) is 8.24. The molecule has 5 nitrogen and oxygen atoms in total. The van der Waals surface area contributed by atoms with Crippen LogP contribution in [-0.4, -0.2) is 70.1 Å². The topological polar surface area (TPSA) is 44.5 Å². The van der Waals surface area contributed by atoms with Gasteiger partial charge in [0.1, 0.15) is 0 Å². The maximum Gasteiger partial charge on any atom is 0.0793 e. The molecule has 2 rings (SSSR count). The fourth-order valence-corrected chi connectivity index (χ4v) is 3.38. The Balaban J connectivity index is 1.85. The summed E-state index contributed by atoms with van der Waals surface area (Å²) in [5.74, 6) is 0.548. The number of rotatable bonds is 7. The molecule has 1 aliphatic rings. The number of aliphatic hydroxyl groups excluding tert-OH is 1. The molecule has 1 aromatic rings. The summed E-state index contributed by atoms with van der Waals surface area (Å²) in [6.45, 7) is 10.0. The Morgan fingerprint density at radius 1 is 1.43 bits per heavy atom. The van der Waals surface area contributed by atoms with E-state index >= 15 is 0 Å². The van der Waals surface area contributed by atoms with Crippen LogP contribution in [0.2, 0.25) is 0 Å². The van der Waals surface area contributed by atoms with Crippen molar-refractivity contribution >= 4 is 0 Å². The van der Waals surface area contributed by atoms with Crippen molar-refractivity contribution in [1.29, 1.82) is 0 Å². The molecular weight excluding hydrogens is 264 g/mol. The largest absolute Gasteiger partial charge is 0.390 e. The third-order valence-corrected chi connectivity index (χ3v) is 4.61. The van der Waals surface area contributed by atoms with Gasteiger partial charge in [0.2, 0.25) is 0 Å². The molecule has 0 aliphatic carbocycles. The minimum Gasteiger partial charge on any atom is -0.390 e. The number of nitrogens with zero attached hydrogens (tertiary/aromatic N) is 4. The molecule has 0 aromatic carbocycles. The lowest BCUT2D eigenvalue weighted by Gasteiger charge is -2.34. The number of hydrogen-bond acceptors (Lipinski definition) is 4. The van der Waals surface area contributed by atoms with Gasteiger partial charge in [-0.2, -0.15) is 5.10 Å². The van der Waals surface area contributed by atoms with E-state index in [1.165, 1.54) is 18.5 Å². The molecule has 0 amide bonds. The number of hydrogen-bond donors (Lipinski definition) is 1. The van der Waals surface area contributed by atoms with Crippen molar-refractivity contribution in [1.82, 2.24) is 19.6 Å². The van der Waals surface area contributed by atoms with Gasteiger partial charge >= 0.3 is 0 Å². The zero-order valence-electron chi connectivity index (χ0n) is 13.7. The molecule has 120 valence electrons. The molecule has 1 aliphatic heterocycles. The molecule has 0 radical (unpaired) electrons. The molecule has 1 aromatic heterocycles. The van der Waals surface area contributed by atoms with Gasteiger partial charge in [-0.25, -0.2) is 0 Å². The third-order valence-electron chi connectivity index (χ3n) is 4.61. The molecule has 0 bridgehead atoms. The molecule has 1 fully saturated rings. The van der Waals surface area contributed by atoms with Gasteiger partial charge in [0.05, 0.1) is 6.10 Å². The fourth-order valence-electron chi connectivity index (χ4n) is 3.38. The fraction of sp³-hybridized carbons (Fsp3) is 0.812. The molecule has 1 saturated heterocycles. The summed E-state index contributed by atoms with van der Waals surface area (Å²) < 4.78 is 1.99.